The lowest BCUT2D eigenvalue weighted by Gasteiger charge is -2.04. The molecule has 2 N–H and O–H groups in total. The average Bonchev–Trinajstić information content (AvgIpc) is 2.13. The highest BCUT2D eigenvalue weighted by Crippen LogP contribution is 2.17. The maximum Gasteiger partial charge on any atom is 0.347 e. The molecule has 0 aliphatic rings. The summed E-state index contributed by atoms with van der Waals surface area (Å²) in [5, 5.41) is 9.45. The van der Waals surface area contributed by atoms with Gasteiger partial charge in [0.1, 0.15) is 5.75 Å². The summed E-state index contributed by atoms with van der Waals surface area (Å²) in [4.78, 5) is 24.8. The first-order chi connectivity index (χ1) is 6.57. The van der Waals surface area contributed by atoms with Crippen molar-refractivity contribution >= 4 is 5.97 Å². The smallest absolute Gasteiger partial charge is 0.347 e. The molecule has 14 heavy (non-hydrogen) atoms. The summed E-state index contributed by atoms with van der Waals surface area (Å²) in [5.41, 5.74) is -0.564. The molecule has 0 aromatic carbocycles. The second kappa shape index (κ2) is 3.95. The highest BCUT2D eigenvalue weighted by Gasteiger charge is 2.18. The van der Waals surface area contributed by atoms with Gasteiger partial charge in [-0.25, -0.2) is 4.79 Å². The number of H-pyrrole nitrogens is 1. The minimum Gasteiger partial charge on any atom is -0.506 e. The molecule has 1 rings (SSSR count). The van der Waals surface area contributed by atoms with E-state index in [1.54, 1.807) is 13.8 Å². The number of hydrogen-bond acceptors (Lipinski definition) is 4. The number of aromatic amines is 1. The number of hydrogen-bond donors (Lipinski definition) is 2. The molecular formula is C9H11NO4. The predicted molar refractivity (Wildman–Crippen MR) is 49.4 cm³/mol. The molecule has 0 bridgehead atoms. The van der Waals surface area contributed by atoms with Gasteiger partial charge in [-0.2, -0.15) is 0 Å². The third-order valence-electron chi connectivity index (χ3n) is 1.74. The Labute approximate surface area is 80.3 Å². The van der Waals surface area contributed by atoms with Crippen LogP contribution in [-0.4, -0.2) is 22.7 Å². The van der Waals surface area contributed by atoms with Gasteiger partial charge in [-0.3, -0.25) is 4.79 Å². The first-order valence-electron chi connectivity index (χ1n) is 4.16. The van der Waals surface area contributed by atoms with Gasteiger partial charge in [-0.15, -0.1) is 0 Å². The van der Waals surface area contributed by atoms with Gasteiger partial charge in [0.25, 0.3) is 5.56 Å². The van der Waals surface area contributed by atoms with Gasteiger partial charge in [-0.05, 0) is 13.8 Å². The van der Waals surface area contributed by atoms with Gasteiger partial charge in [-0.1, -0.05) is 0 Å². The Morgan fingerprint density at radius 3 is 2.86 bits per heavy atom. The molecule has 0 saturated heterocycles. The molecular weight excluding hydrogens is 186 g/mol. The summed E-state index contributed by atoms with van der Waals surface area (Å²) in [6.07, 6.45) is 1.33. The fourth-order valence-corrected chi connectivity index (χ4v) is 1.01. The van der Waals surface area contributed by atoms with Crippen LogP contribution in [0.3, 0.4) is 0 Å². The van der Waals surface area contributed by atoms with Crippen LogP contribution < -0.4 is 5.56 Å². The van der Waals surface area contributed by atoms with E-state index in [2.05, 4.69) is 9.72 Å². The molecule has 0 aliphatic heterocycles. The zero-order chi connectivity index (χ0) is 10.7. The number of pyridine rings is 1. The molecule has 1 aromatic heterocycles. The normalized spacial score (nSPS) is 9.86. The lowest BCUT2D eigenvalue weighted by molar-refractivity contribution is 0.0520. The van der Waals surface area contributed by atoms with Crippen molar-refractivity contribution < 1.29 is 14.6 Å². The highest BCUT2D eigenvalue weighted by atomic mass is 16.5. The van der Waals surface area contributed by atoms with Crippen LogP contribution in [0.5, 0.6) is 5.75 Å². The number of nitrogens with one attached hydrogen (secondary N) is 1. The maximum atomic E-state index is 11.2. The number of carbonyl (C=O) groups excluding carboxylic acids is 1. The number of esters is 1. The zero-order valence-corrected chi connectivity index (χ0v) is 7.96. The van der Waals surface area contributed by atoms with Crippen LogP contribution in [-0.2, 0) is 4.74 Å². The van der Waals surface area contributed by atoms with Crippen LogP contribution in [0.4, 0.5) is 0 Å². The van der Waals surface area contributed by atoms with Crippen LogP contribution in [0.1, 0.15) is 22.8 Å². The maximum absolute atomic E-state index is 11.2. The quantitative estimate of drug-likeness (QED) is 0.679. The van der Waals surface area contributed by atoms with Crippen molar-refractivity contribution in [2.75, 3.05) is 6.61 Å². The van der Waals surface area contributed by atoms with Crippen LogP contribution in [0.25, 0.3) is 0 Å². The second-order valence-electron chi connectivity index (χ2n) is 2.74. The van der Waals surface area contributed by atoms with Crippen LogP contribution in [0.2, 0.25) is 0 Å². The average molecular weight is 197 g/mol. The number of rotatable bonds is 2. The third-order valence-corrected chi connectivity index (χ3v) is 1.74. The van der Waals surface area contributed by atoms with Gasteiger partial charge in [0, 0.05) is 11.8 Å². The topological polar surface area (TPSA) is 79.4 Å². The molecule has 0 aliphatic carbocycles. The summed E-state index contributed by atoms with van der Waals surface area (Å²) < 4.78 is 4.63. The van der Waals surface area contributed by atoms with Gasteiger partial charge in [0.15, 0.2) is 5.56 Å². The van der Waals surface area contributed by atoms with E-state index in [9.17, 15) is 14.7 Å². The van der Waals surface area contributed by atoms with Crippen LogP contribution >= 0.6 is 0 Å². The van der Waals surface area contributed by atoms with Gasteiger partial charge >= 0.3 is 5.97 Å². The Bertz CT molecular complexity index is 408. The number of carbonyl (C=O) groups is 1. The monoisotopic (exact) mass is 197 g/mol. The fraction of sp³-hybridized carbons (Fsp3) is 0.333. The van der Waals surface area contributed by atoms with Crippen LogP contribution in [0.15, 0.2) is 11.0 Å². The lowest BCUT2D eigenvalue weighted by atomic mass is 10.2. The zero-order valence-electron chi connectivity index (χ0n) is 7.96. The van der Waals surface area contributed by atoms with E-state index in [0.717, 1.165) is 0 Å². The van der Waals surface area contributed by atoms with Gasteiger partial charge in [0.05, 0.1) is 6.61 Å². The van der Waals surface area contributed by atoms with E-state index in [-0.39, 0.29) is 17.9 Å². The molecule has 0 amide bonds. The van der Waals surface area contributed by atoms with Crippen molar-refractivity contribution in [3.8, 4) is 5.75 Å². The number of ether oxygens (including phenoxy) is 1. The van der Waals surface area contributed by atoms with Crippen molar-refractivity contribution in [3.05, 3.63) is 27.7 Å². The number of aromatic hydroxyl groups is 1. The van der Waals surface area contributed by atoms with E-state index in [1.807, 2.05) is 0 Å². The van der Waals surface area contributed by atoms with Crippen molar-refractivity contribution in [3.63, 3.8) is 0 Å². The summed E-state index contributed by atoms with van der Waals surface area (Å²) in [7, 11) is 0. The predicted octanol–water partition coefficient (Wildman–Crippen LogP) is 0.566. The molecule has 0 unspecified atom stereocenters. The minimum atomic E-state index is -0.810. The number of aromatic nitrogens is 1. The third kappa shape index (κ3) is 1.76. The lowest BCUT2D eigenvalue weighted by Crippen LogP contribution is -2.20. The van der Waals surface area contributed by atoms with Crippen molar-refractivity contribution in [1.82, 2.24) is 4.98 Å². The Hall–Kier alpha value is -1.78. The molecule has 1 aromatic rings. The van der Waals surface area contributed by atoms with Crippen molar-refractivity contribution in [1.29, 1.82) is 0 Å². The van der Waals surface area contributed by atoms with Crippen molar-refractivity contribution in [2.45, 2.75) is 13.8 Å². The van der Waals surface area contributed by atoms with E-state index in [4.69, 9.17) is 0 Å². The highest BCUT2D eigenvalue weighted by molar-refractivity contribution is 5.92. The summed E-state index contributed by atoms with van der Waals surface area (Å²) in [5.74, 6) is -1.14. The minimum absolute atomic E-state index is 0.158. The standard InChI is InChI=1S/C9H11NO4/c1-3-14-9(13)6-7(11)5(2)4-10-8(6)12/h4H,3H2,1-2H3,(H2,10,11,12). The molecule has 76 valence electrons. The van der Waals surface area contributed by atoms with Crippen molar-refractivity contribution in [2.24, 2.45) is 0 Å². The largest absolute Gasteiger partial charge is 0.506 e. The first kappa shape index (κ1) is 10.3. The Morgan fingerprint density at radius 2 is 2.29 bits per heavy atom. The molecule has 0 atom stereocenters. The molecule has 0 spiro atoms. The molecule has 0 saturated carbocycles. The summed E-state index contributed by atoms with van der Waals surface area (Å²) in [6, 6.07) is 0. The SMILES string of the molecule is CCOC(=O)c1c(O)c(C)c[nH]c1=O. The van der Waals surface area contributed by atoms with E-state index in [0.29, 0.717) is 5.56 Å². The Kier molecular flexibility index (Phi) is 2.91. The molecule has 5 nitrogen and oxygen atoms in total. The van der Waals surface area contributed by atoms with E-state index in [1.165, 1.54) is 6.20 Å². The van der Waals surface area contributed by atoms with E-state index < -0.39 is 11.5 Å². The van der Waals surface area contributed by atoms with Crippen LogP contribution in [0, 0.1) is 6.92 Å². The second-order valence-corrected chi connectivity index (χ2v) is 2.74. The first-order valence-corrected chi connectivity index (χ1v) is 4.16. The van der Waals surface area contributed by atoms with Gasteiger partial charge in [0.2, 0.25) is 0 Å². The summed E-state index contributed by atoms with van der Waals surface area (Å²) in [6.45, 7) is 3.36. The van der Waals surface area contributed by atoms with Gasteiger partial charge < -0.3 is 14.8 Å². The molecule has 0 radical (unpaired) electrons. The Balaban J connectivity index is 3.26. The Morgan fingerprint density at radius 1 is 1.64 bits per heavy atom. The molecule has 0 fully saturated rings. The number of aryl methyl sites for hydroxylation is 1. The molecule has 1 heterocycles. The fourth-order valence-electron chi connectivity index (χ4n) is 1.01. The molecule has 5 heteroatoms. The summed E-state index contributed by atoms with van der Waals surface area (Å²) >= 11 is 0. The van der Waals surface area contributed by atoms with E-state index >= 15 is 0 Å².